The van der Waals surface area contributed by atoms with Gasteiger partial charge in [-0.25, -0.2) is 0 Å². The molecule has 1 aliphatic heterocycles. The van der Waals surface area contributed by atoms with Gasteiger partial charge in [-0.05, 0) is 62.0 Å². The van der Waals surface area contributed by atoms with Gasteiger partial charge in [-0.2, -0.15) is 0 Å². The molecule has 0 radical (unpaired) electrons. The highest BCUT2D eigenvalue weighted by Gasteiger charge is 2.07. The summed E-state index contributed by atoms with van der Waals surface area (Å²) in [5, 5.41) is 0. The fourth-order valence-electron chi connectivity index (χ4n) is 2.90. The van der Waals surface area contributed by atoms with Crippen LogP contribution in [0.1, 0.15) is 18.4 Å². The van der Waals surface area contributed by atoms with Crippen molar-refractivity contribution in [3.63, 3.8) is 0 Å². The van der Waals surface area contributed by atoms with E-state index in [1.165, 1.54) is 85.6 Å². The molecule has 1 fully saturated rings. The maximum atomic E-state index is 2.70. The Morgan fingerprint density at radius 3 is 2.09 bits per heavy atom. The molecule has 1 aromatic rings. The zero-order valence-corrected chi connectivity index (χ0v) is 17.0. The number of nitrogens with zero attached hydrogens (tertiary/aromatic N) is 1. The van der Waals surface area contributed by atoms with E-state index < -0.39 is 0 Å². The van der Waals surface area contributed by atoms with Crippen LogP contribution < -0.4 is 0 Å². The second-order valence-corrected chi connectivity index (χ2v) is 11.9. The van der Waals surface area contributed by atoms with Gasteiger partial charge < -0.3 is 0 Å². The largest absolute Gasteiger partial charge is 0.298 e. The lowest BCUT2D eigenvalue weighted by molar-refractivity contribution is 0.300. The lowest BCUT2D eigenvalue weighted by Gasteiger charge is -2.23. The maximum Gasteiger partial charge on any atom is 0.0234 e. The molecule has 1 heterocycles. The van der Waals surface area contributed by atoms with E-state index in [2.05, 4.69) is 41.9 Å². The monoisotopic (exact) mass is 355 g/mol. The second-order valence-electron chi connectivity index (χ2n) is 6.27. The number of benzene rings is 1. The summed E-state index contributed by atoms with van der Waals surface area (Å²) in [6.45, 7) is 6.28. The highest BCUT2D eigenvalue weighted by atomic mass is 31.1. The van der Waals surface area contributed by atoms with Gasteiger partial charge in [-0.15, -0.1) is 25.1 Å². The molecule has 22 heavy (non-hydrogen) atoms. The fraction of sp³-hybridized carbons (Fsp3) is 0.667. The molecule has 0 amide bonds. The van der Waals surface area contributed by atoms with Crippen molar-refractivity contribution in [2.75, 3.05) is 56.7 Å². The number of hydrogen-bond acceptors (Lipinski definition) is 1. The summed E-state index contributed by atoms with van der Waals surface area (Å²) < 4.78 is 0. The summed E-state index contributed by atoms with van der Waals surface area (Å²) in [6, 6.07) is 11.0. The molecule has 124 valence electrons. The summed E-state index contributed by atoms with van der Waals surface area (Å²) >= 11 is 0. The van der Waals surface area contributed by atoms with Crippen LogP contribution >= 0.6 is 25.1 Å². The Bertz CT molecular complexity index is 369. The average Bonchev–Trinajstić information content (AvgIpc) is 2.54. The van der Waals surface area contributed by atoms with Crippen molar-refractivity contribution >= 4 is 25.1 Å². The van der Waals surface area contributed by atoms with Crippen LogP contribution in [-0.4, -0.2) is 61.6 Å². The molecule has 0 aromatic heterocycles. The normalized spacial score (nSPS) is 26.0. The second kappa shape index (κ2) is 11.9. The third-order valence-corrected chi connectivity index (χ3v) is 8.97. The van der Waals surface area contributed by atoms with Gasteiger partial charge >= 0.3 is 0 Å². The van der Waals surface area contributed by atoms with Crippen LogP contribution in [0.2, 0.25) is 0 Å². The Balaban J connectivity index is 1.79. The van der Waals surface area contributed by atoms with Crippen molar-refractivity contribution < 1.29 is 0 Å². The van der Waals surface area contributed by atoms with Gasteiger partial charge in [0.05, 0.1) is 0 Å². The molecule has 2 atom stereocenters. The molecule has 0 N–H and O–H groups in total. The third-order valence-electron chi connectivity index (χ3n) is 4.25. The Hall–Kier alpha value is 0.470. The number of hydrogen-bond donors (Lipinski definition) is 0. The van der Waals surface area contributed by atoms with E-state index in [0.717, 1.165) is 6.54 Å². The first kappa shape index (κ1) is 18.8. The lowest BCUT2D eigenvalue weighted by Crippen LogP contribution is -2.28. The molecule has 1 nitrogen and oxygen atoms in total. The highest BCUT2D eigenvalue weighted by molar-refractivity contribution is 7.56. The fourth-order valence-corrected chi connectivity index (χ4v) is 7.41. The molecule has 4 heteroatoms. The SMILES string of the molecule is CP1CCCPCCN(Cc2ccccc2)CCPCCC1. The van der Waals surface area contributed by atoms with Crippen molar-refractivity contribution in [2.45, 2.75) is 19.4 Å². The quantitative estimate of drug-likeness (QED) is 0.692. The number of rotatable bonds is 2. The maximum absolute atomic E-state index is 2.70. The Morgan fingerprint density at radius 1 is 0.909 bits per heavy atom. The van der Waals surface area contributed by atoms with E-state index >= 15 is 0 Å². The Labute approximate surface area is 142 Å². The lowest BCUT2D eigenvalue weighted by atomic mass is 10.2. The van der Waals surface area contributed by atoms with Crippen LogP contribution in [0.5, 0.6) is 0 Å². The molecular weight excluding hydrogens is 323 g/mol. The van der Waals surface area contributed by atoms with Crippen LogP contribution in [0.25, 0.3) is 0 Å². The van der Waals surface area contributed by atoms with Gasteiger partial charge in [0.25, 0.3) is 0 Å². The van der Waals surface area contributed by atoms with E-state index in [9.17, 15) is 0 Å². The molecule has 0 spiro atoms. The van der Waals surface area contributed by atoms with Crippen molar-refractivity contribution in [2.24, 2.45) is 0 Å². The van der Waals surface area contributed by atoms with Gasteiger partial charge in [0.2, 0.25) is 0 Å². The summed E-state index contributed by atoms with van der Waals surface area (Å²) in [5.41, 5.74) is 1.48. The van der Waals surface area contributed by atoms with Crippen LogP contribution in [0.3, 0.4) is 0 Å². The predicted octanol–water partition coefficient (Wildman–Crippen LogP) is 4.75. The Morgan fingerprint density at radius 2 is 1.50 bits per heavy atom. The van der Waals surface area contributed by atoms with Crippen LogP contribution in [-0.2, 0) is 6.54 Å². The van der Waals surface area contributed by atoms with Crippen LogP contribution in [0, 0.1) is 0 Å². The molecule has 1 saturated heterocycles. The van der Waals surface area contributed by atoms with Crippen molar-refractivity contribution in [1.29, 1.82) is 0 Å². The summed E-state index contributed by atoms with van der Waals surface area (Å²) in [5.74, 6) is 0. The minimum Gasteiger partial charge on any atom is -0.298 e. The van der Waals surface area contributed by atoms with E-state index in [4.69, 9.17) is 0 Å². The first-order valence-corrected chi connectivity index (χ1v) is 13.7. The van der Waals surface area contributed by atoms with E-state index in [0.29, 0.717) is 7.92 Å². The smallest absolute Gasteiger partial charge is 0.0234 e. The van der Waals surface area contributed by atoms with Crippen LogP contribution in [0.4, 0.5) is 0 Å². The molecule has 2 rings (SSSR count). The van der Waals surface area contributed by atoms with Crippen LogP contribution in [0.15, 0.2) is 30.3 Å². The highest BCUT2D eigenvalue weighted by Crippen LogP contribution is 2.34. The molecule has 1 aliphatic rings. The zero-order chi connectivity index (χ0) is 15.5. The van der Waals surface area contributed by atoms with E-state index in [-0.39, 0.29) is 0 Å². The molecule has 2 unspecified atom stereocenters. The van der Waals surface area contributed by atoms with Crippen molar-refractivity contribution in [1.82, 2.24) is 4.90 Å². The zero-order valence-electron chi connectivity index (χ0n) is 14.1. The van der Waals surface area contributed by atoms with Gasteiger partial charge in [0.15, 0.2) is 0 Å². The van der Waals surface area contributed by atoms with Gasteiger partial charge in [0.1, 0.15) is 0 Å². The predicted molar refractivity (Wildman–Crippen MR) is 110 cm³/mol. The first-order chi connectivity index (χ1) is 10.8. The molecule has 0 saturated carbocycles. The van der Waals surface area contributed by atoms with Gasteiger partial charge in [-0.1, -0.05) is 30.3 Å². The van der Waals surface area contributed by atoms with Gasteiger partial charge in [0, 0.05) is 19.6 Å². The van der Waals surface area contributed by atoms with Gasteiger partial charge in [-0.3, -0.25) is 4.90 Å². The van der Waals surface area contributed by atoms with E-state index in [1.807, 2.05) is 0 Å². The molecular formula is C18H32NP3. The first-order valence-electron chi connectivity index (χ1n) is 8.71. The average molecular weight is 355 g/mol. The molecule has 0 bridgehead atoms. The third kappa shape index (κ3) is 8.36. The van der Waals surface area contributed by atoms with Crippen molar-refractivity contribution in [3.05, 3.63) is 35.9 Å². The molecule has 1 aromatic carbocycles. The van der Waals surface area contributed by atoms with E-state index in [1.54, 1.807) is 0 Å². The minimum absolute atomic E-state index is 0.356. The van der Waals surface area contributed by atoms with Crippen molar-refractivity contribution in [3.8, 4) is 0 Å². The minimum atomic E-state index is 0.356. The standard InChI is InChI=1S/C18H32NP3/c1-22-15-5-11-20-13-9-19(10-14-21-12-6-16-22)17-18-7-3-2-4-8-18/h2-4,7-8,20-21H,5-6,9-17H2,1H3. The summed E-state index contributed by atoms with van der Waals surface area (Å²) in [7, 11) is 2.72. The topological polar surface area (TPSA) is 3.24 Å². The Kier molecular flexibility index (Phi) is 10.2. The summed E-state index contributed by atoms with van der Waals surface area (Å²) in [4.78, 5) is 2.70. The molecule has 0 aliphatic carbocycles. The summed E-state index contributed by atoms with van der Waals surface area (Å²) in [6.07, 6.45) is 11.8.